The third-order valence-electron chi connectivity index (χ3n) is 6.09. The van der Waals surface area contributed by atoms with Crippen molar-refractivity contribution in [3.8, 4) is 0 Å². The van der Waals surface area contributed by atoms with Crippen LogP contribution in [0.25, 0.3) is 0 Å². The fourth-order valence-electron chi connectivity index (χ4n) is 4.22. The first-order chi connectivity index (χ1) is 13.5. The van der Waals surface area contributed by atoms with E-state index in [4.69, 9.17) is 0 Å². The second-order valence-electron chi connectivity index (χ2n) is 8.14. The third-order valence-corrected chi connectivity index (χ3v) is 6.09. The van der Waals surface area contributed by atoms with Crippen LogP contribution in [0.15, 0.2) is 24.3 Å². The molecule has 6 heteroatoms. The molecule has 1 aromatic rings. The molecule has 0 radical (unpaired) electrons. The maximum Gasteiger partial charge on any atom is 0.224 e. The molecule has 3 rings (SSSR count). The molecule has 2 aliphatic rings. The molecule has 0 N–H and O–H groups in total. The normalized spacial score (nSPS) is 18.6. The zero-order valence-corrected chi connectivity index (χ0v) is 16.9. The Balaban J connectivity index is 1.33. The number of nitrogens with zero attached hydrogens (tertiary/aromatic N) is 3. The maximum atomic E-state index is 13.7. The van der Waals surface area contributed by atoms with Crippen molar-refractivity contribution in [3.05, 3.63) is 35.6 Å². The van der Waals surface area contributed by atoms with Crippen LogP contribution in [0.5, 0.6) is 0 Å². The SMILES string of the molecule is CN(CC1CCN(CCc2ccccc2F)CC1)C(=O)CCN1CCCC1=O. The lowest BCUT2D eigenvalue weighted by molar-refractivity contribution is -0.132. The number of likely N-dealkylation sites (tertiary alicyclic amines) is 2. The number of carbonyl (C=O) groups excluding carboxylic acids is 2. The summed E-state index contributed by atoms with van der Waals surface area (Å²) in [6, 6.07) is 6.99. The van der Waals surface area contributed by atoms with Gasteiger partial charge in [0.05, 0.1) is 0 Å². The molecule has 0 unspecified atom stereocenters. The van der Waals surface area contributed by atoms with Crippen molar-refractivity contribution in [2.75, 3.05) is 46.3 Å². The van der Waals surface area contributed by atoms with Gasteiger partial charge in [0.25, 0.3) is 0 Å². The highest BCUT2D eigenvalue weighted by Gasteiger charge is 2.24. The summed E-state index contributed by atoms with van der Waals surface area (Å²) in [6.07, 6.45) is 4.84. The van der Waals surface area contributed by atoms with Crippen LogP contribution < -0.4 is 0 Å². The van der Waals surface area contributed by atoms with Gasteiger partial charge in [-0.1, -0.05) is 18.2 Å². The lowest BCUT2D eigenvalue weighted by atomic mass is 9.96. The molecule has 5 nitrogen and oxygen atoms in total. The van der Waals surface area contributed by atoms with Gasteiger partial charge in [0.2, 0.25) is 11.8 Å². The molecule has 2 aliphatic heterocycles. The highest BCUT2D eigenvalue weighted by atomic mass is 19.1. The van der Waals surface area contributed by atoms with E-state index in [1.54, 1.807) is 11.0 Å². The van der Waals surface area contributed by atoms with Crippen molar-refractivity contribution in [1.82, 2.24) is 14.7 Å². The lowest BCUT2D eigenvalue weighted by Crippen LogP contribution is -2.40. The van der Waals surface area contributed by atoms with Crippen molar-refractivity contribution in [3.63, 3.8) is 0 Å². The molecule has 2 amide bonds. The van der Waals surface area contributed by atoms with Gasteiger partial charge in [0, 0.05) is 46.1 Å². The molecule has 28 heavy (non-hydrogen) atoms. The van der Waals surface area contributed by atoms with E-state index in [0.29, 0.717) is 25.3 Å². The zero-order valence-electron chi connectivity index (χ0n) is 16.9. The first kappa shape index (κ1) is 20.8. The Kier molecular flexibility index (Phi) is 7.43. The fourth-order valence-corrected chi connectivity index (χ4v) is 4.22. The highest BCUT2D eigenvalue weighted by Crippen LogP contribution is 2.19. The van der Waals surface area contributed by atoms with Crippen molar-refractivity contribution in [2.45, 2.75) is 38.5 Å². The van der Waals surface area contributed by atoms with Gasteiger partial charge in [0.15, 0.2) is 0 Å². The van der Waals surface area contributed by atoms with Crippen LogP contribution in [-0.2, 0) is 16.0 Å². The summed E-state index contributed by atoms with van der Waals surface area (Å²) in [7, 11) is 1.87. The van der Waals surface area contributed by atoms with E-state index >= 15 is 0 Å². The molecule has 0 spiro atoms. The first-order valence-electron chi connectivity index (χ1n) is 10.5. The quantitative estimate of drug-likeness (QED) is 0.686. The Hall–Kier alpha value is -1.95. The van der Waals surface area contributed by atoms with Gasteiger partial charge in [0.1, 0.15) is 5.82 Å². The van der Waals surface area contributed by atoms with Crippen LogP contribution in [0.4, 0.5) is 4.39 Å². The minimum absolute atomic E-state index is 0.117. The smallest absolute Gasteiger partial charge is 0.224 e. The second kappa shape index (κ2) is 10.0. The molecule has 2 saturated heterocycles. The molecule has 1 aromatic carbocycles. The number of piperidine rings is 1. The molecule has 0 bridgehead atoms. The van der Waals surface area contributed by atoms with Crippen molar-refractivity contribution < 1.29 is 14.0 Å². The number of rotatable bonds is 8. The number of hydrogen-bond acceptors (Lipinski definition) is 3. The molecular weight excluding hydrogens is 357 g/mol. The fraction of sp³-hybridized carbons (Fsp3) is 0.636. The number of amides is 2. The van der Waals surface area contributed by atoms with E-state index in [0.717, 1.165) is 64.0 Å². The van der Waals surface area contributed by atoms with Gasteiger partial charge in [-0.25, -0.2) is 4.39 Å². The minimum atomic E-state index is -0.117. The average Bonchev–Trinajstić information content (AvgIpc) is 3.11. The van der Waals surface area contributed by atoms with Gasteiger partial charge < -0.3 is 14.7 Å². The summed E-state index contributed by atoms with van der Waals surface area (Å²) in [5.41, 5.74) is 0.784. The van der Waals surface area contributed by atoms with E-state index in [1.165, 1.54) is 6.07 Å². The predicted octanol–water partition coefficient (Wildman–Crippen LogP) is 2.55. The maximum absolute atomic E-state index is 13.7. The van der Waals surface area contributed by atoms with Gasteiger partial charge in [-0.3, -0.25) is 9.59 Å². The van der Waals surface area contributed by atoms with Crippen LogP contribution in [0.2, 0.25) is 0 Å². The van der Waals surface area contributed by atoms with E-state index in [1.807, 2.05) is 24.1 Å². The Labute approximate surface area is 167 Å². The number of carbonyl (C=O) groups is 2. The minimum Gasteiger partial charge on any atom is -0.345 e. The highest BCUT2D eigenvalue weighted by molar-refractivity contribution is 5.80. The Bertz CT molecular complexity index is 674. The number of benzene rings is 1. The van der Waals surface area contributed by atoms with Gasteiger partial charge in [-0.15, -0.1) is 0 Å². The molecule has 0 aromatic heterocycles. The predicted molar refractivity (Wildman–Crippen MR) is 107 cm³/mol. The summed E-state index contributed by atoms with van der Waals surface area (Å²) < 4.78 is 13.7. The van der Waals surface area contributed by atoms with Crippen molar-refractivity contribution in [2.24, 2.45) is 5.92 Å². The lowest BCUT2D eigenvalue weighted by Gasteiger charge is -2.34. The van der Waals surface area contributed by atoms with Crippen LogP contribution in [0.1, 0.15) is 37.7 Å². The average molecular weight is 390 g/mol. The van der Waals surface area contributed by atoms with Crippen molar-refractivity contribution in [1.29, 1.82) is 0 Å². The number of halogens is 1. The number of hydrogen-bond donors (Lipinski definition) is 0. The zero-order chi connectivity index (χ0) is 19.9. The van der Waals surface area contributed by atoms with Crippen molar-refractivity contribution >= 4 is 11.8 Å². The molecule has 2 heterocycles. The summed E-state index contributed by atoms with van der Waals surface area (Å²) in [6.45, 7) is 5.02. The van der Waals surface area contributed by atoms with Crippen LogP contribution in [0.3, 0.4) is 0 Å². The van der Waals surface area contributed by atoms with Gasteiger partial charge >= 0.3 is 0 Å². The Morgan fingerprint density at radius 1 is 1.18 bits per heavy atom. The Morgan fingerprint density at radius 2 is 1.93 bits per heavy atom. The molecule has 154 valence electrons. The second-order valence-corrected chi connectivity index (χ2v) is 8.14. The summed E-state index contributed by atoms with van der Waals surface area (Å²) >= 11 is 0. The summed E-state index contributed by atoms with van der Waals surface area (Å²) in [4.78, 5) is 30.1. The summed E-state index contributed by atoms with van der Waals surface area (Å²) in [5.74, 6) is 0.708. The third kappa shape index (κ3) is 5.77. The van der Waals surface area contributed by atoms with Crippen LogP contribution in [0, 0.1) is 11.7 Å². The topological polar surface area (TPSA) is 43.9 Å². The standard InChI is InChI=1S/C22H32FN3O2/c1-24(21(27)11-16-26-12-4-7-22(26)28)17-18-8-13-25(14-9-18)15-10-19-5-2-3-6-20(19)23/h2-3,5-6,18H,4,7-17H2,1H3. The molecular formula is C22H32FN3O2. The summed E-state index contributed by atoms with van der Waals surface area (Å²) in [5, 5.41) is 0. The van der Waals surface area contributed by atoms with E-state index < -0.39 is 0 Å². The molecule has 0 saturated carbocycles. The van der Waals surface area contributed by atoms with Gasteiger partial charge in [-0.2, -0.15) is 0 Å². The Morgan fingerprint density at radius 3 is 2.61 bits per heavy atom. The van der Waals surface area contributed by atoms with Gasteiger partial charge in [-0.05, 0) is 56.3 Å². The monoisotopic (exact) mass is 389 g/mol. The van der Waals surface area contributed by atoms with Crippen LogP contribution in [-0.4, -0.2) is 72.8 Å². The van der Waals surface area contributed by atoms with E-state index in [2.05, 4.69) is 4.90 Å². The largest absolute Gasteiger partial charge is 0.345 e. The molecule has 2 fully saturated rings. The van der Waals surface area contributed by atoms with E-state index in [-0.39, 0.29) is 17.6 Å². The molecule has 0 atom stereocenters. The first-order valence-corrected chi connectivity index (χ1v) is 10.5. The van der Waals surface area contributed by atoms with E-state index in [9.17, 15) is 14.0 Å². The van der Waals surface area contributed by atoms with Crippen LogP contribution >= 0.6 is 0 Å². The molecule has 0 aliphatic carbocycles.